The van der Waals surface area contributed by atoms with Gasteiger partial charge in [-0.25, -0.2) is 0 Å². The van der Waals surface area contributed by atoms with Crippen LogP contribution >= 0.6 is 0 Å². The highest BCUT2D eigenvalue weighted by Crippen LogP contribution is 2.38. The third-order valence-corrected chi connectivity index (χ3v) is 5.16. The molecule has 2 aliphatic rings. The quantitative estimate of drug-likeness (QED) is 0.837. The van der Waals surface area contributed by atoms with E-state index >= 15 is 0 Å². The molecule has 2 unspecified atom stereocenters. The number of nitrogens with two attached hydrogens (primary N) is 1. The van der Waals surface area contributed by atoms with Crippen LogP contribution in [0.1, 0.15) is 72.1 Å². The Bertz CT molecular complexity index is 277. The molecule has 0 aromatic rings. The van der Waals surface area contributed by atoms with E-state index in [9.17, 15) is 0 Å². The summed E-state index contributed by atoms with van der Waals surface area (Å²) in [5.74, 6) is 0.899. The minimum atomic E-state index is -0.0499. The number of hydrogen-bond donors (Lipinski definition) is 1. The van der Waals surface area contributed by atoms with Gasteiger partial charge >= 0.3 is 0 Å². The van der Waals surface area contributed by atoms with Crippen LogP contribution in [0.2, 0.25) is 0 Å². The molecule has 1 aliphatic heterocycles. The summed E-state index contributed by atoms with van der Waals surface area (Å²) in [5.41, 5.74) is 6.04. The van der Waals surface area contributed by atoms with Crippen LogP contribution in [0.3, 0.4) is 0 Å². The van der Waals surface area contributed by atoms with Crippen molar-refractivity contribution in [3.8, 4) is 0 Å². The van der Waals surface area contributed by atoms with E-state index in [1.54, 1.807) is 0 Å². The summed E-state index contributed by atoms with van der Waals surface area (Å²) in [7, 11) is 0. The van der Waals surface area contributed by atoms with Crippen LogP contribution in [0, 0.1) is 5.92 Å². The largest absolute Gasteiger partial charge is 0.375 e. The maximum absolute atomic E-state index is 6.53. The molecule has 2 N–H and O–H groups in total. The second-order valence-electron chi connectivity index (χ2n) is 7.09. The molecule has 1 heterocycles. The predicted octanol–water partition coefficient (Wildman–Crippen LogP) is 3.65. The molecule has 1 saturated carbocycles. The van der Waals surface area contributed by atoms with Gasteiger partial charge in [-0.1, -0.05) is 19.8 Å². The van der Waals surface area contributed by atoms with Crippen molar-refractivity contribution in [1.29, 1.82) is 0 Å². The van der Waals surface area contributed by atoms with Gasteiger partial charge in [0.05, 0.1) is 23.9 Å². The van der Waals surface area contributed by atoms with Crippen LogP contribution in [0.15, 0.2) is 0 Å². The highest BCUT2D eigenvalue weighted by Gasteiger charge is 2.38. The minimum absolute atomic E-state index is 0.0499. The number of ether oxygens (including phenoxy) is 2. The first kappa shape index (κ1) is 16.3. The van der Waals surface area contributed by atoms with Crippen molar-refractivity contribution in [2.45, 2.75) is 96.1 Å². The van der Waals surface area contributed by atoms with E-state index in [-0.39, 0.29) is 5.60 Å². The standard InChI is InChI=1S/C17H33NO2/c1-4-5-15-6-8-17(12-18,9-7-15)20-16-10-13(2)19-14(3)11-16/h13-16H,4-12,18H2,1-3H3. The van der Waals surface area contributed by atoms with E-state index in [0.29, 0.717) is 24.9 Å². The van der Waals surface area contributed by atoms with E-state index in [1.807, 2.05) is 0 Å². The van der Waals surface area contributed by atoms with Crippen molar-refractivity contribution < 1.29 is 9.47 Å². The Balaban J connectivity index is 1.88. The minimum Gasteiger partial charge on any atom is -0.375 e. The summed E-state index contributed by atoms with van der Waals surface area (Å²) in [6, 6.07) is 0. The fourth-order valence-electron chi connectivity index (χ4n) is 4.06. The maximum Gasteiger partial charge on any atom is 0.0808 e. The molecule has 20 heavy (non-hydrogen) atoms. The molecule has 0 aromatic heterocycles. The van der Waals surface area contributed by atoms with Gasteiger partial charge in [0, 0.05) is 6.54 Å². The molecule has 0 bridgehead atoms. The molecule has 3 heteroatoms. The first-order chi connectivity index (χ1) is 9.57. The van der Waals surface area contributed by atoms with E-state index in [0.717, 1.165) is 31.6 Å². The Labute approximate surface area is 124 Å². The topological polar surface area (TPSA) is 44.5 Å². The summed E-state index contributed by atoms with van der Waals surface area (Å²) in [4.78, 5) is 0. The molecule has 2 fully saturated rings. The number of rotatable bonds is 5. The first-order valence-corrected chi connectivity index (χ1v) is 8.60. The Hall–Kier alpha value is -0.120. The number of hydrogen-bond acceptors (Lipinski definition) is 3. The predicted molar refractivity (Wildman–Crippen MR) is 82.8 cm³/mol. The molecule has 0 amide bonds. The van der Waals surface area contributed by atoms with Gasteiger partial charge in [-0.2, -0.15) is 0 Å². The third kappa shape index (κ3) is 4.19. The van der Waals surface area contributed by atoms with Crippen LogP contribution in [0.5, 0.6) is 0 Å². The van der Waals surface area contributed by atoms with E-state index in [1.165, 1.54) is 25.7 Å². The summed E-state index contributed by atoms with van der Waals surface area (Å²) in [5, 5.41) is 0. The molecular formula is C17H33NO2. The van der Waals surface area contributed by atoms with Gasteiger partial charge in [0.2, 0.25) is 0 Å². The molecule has 118 valence electrons. The lowest BCUT2D eigenvalue weighted by molar-refractivity contribution is -0.167. The van der Waals surface area contributed by atoms with Crippen LogP contribution in [0.4, 0.5) is 0 Å². The van der Waals surface area contributed by atoms with Crippen molar-refractivity contribution >= 4 is 0 Å². The average Bonchev–Trinajstić information content (AvgIpc) is 2.40. The smallest absolute Gasteiger partial charge is 0.0808 e. The van der Waals surface area contributed by atoms with E-state index in [4.69, 9.17) is 15.2 Å². The lowest BCUT2D eigenvalue weighted by Crippen LogP contribution is -2.48. The van der Waals surface area contributed by atoms with Crippen molar-refractivity contribution in [3.05, 3.63) is 0 Å². The highest BCUT2D eigenvalue weighted by molar-refractivity contribution is 4.90. The normalized spacial score (nSPS) is 42.6. The van der Waals surface area contributed by atoms with Gasteiger partial charge in [-0.15, -0.1) is 0 Å². The SMILES string of the molecule is CCCC1CCC(CN)(OC2CC(C)OC(C)C2)CC1. The molecule has 0 aromatic carbocycles. The van der Waals surface area contributed by atoms with Crippen molar-refractivity contribution in [2.24, 2.45) is 11.7 Å². The summed E-state index contributed by atoms with van der Waals surface area (Å²) < 4.78 is 12.3. The zero-order valence-corrected chi connectivity index (χ0v) is 13.6. The lowest BCUT2D eigenvalue weighted by Gasteiger charge is -2.44. The Morgan fingerprint density at radius 1 is 1.15 bits per heavy atom. The summed E-state index contributed by atoms with van der Waals surface area (Å²) >= 11 is 0. The monoisotopic (exact) mass is 283 g/mol. The highest BCUT2D eigenvalue weighted by atomic mass is 16.5. The zero-order chi connectivity index (χ0) is 14.6. The lowest BCUT2D eigenvalue weighted by atomic mass is 9.77. The van der Waals surface area contributed by atoms with Crippen molar-refractivity contribution in [3.63, 3.8) is 0 Å². The summed E-state index contributed by atoms with van der Waals surface area (Å²) in [6.07, 6.45) is 10.5. The van der Waals surface area contributed by atoms with Crippen LogP contribution < -0.4 is 5.73 Å². The Kier molecular flexibility index (Phi) is 5.88. The van der Waals surface area contributed by atoms with Gasteiger partial charge in [0.25, 0.3) is 0 Å². The van der Waals surface area contributed by atoms with Gasteiger partial charge in [0.15, 0.2) is 0 Å². The van der Waals surface area contributed by atoms with E-state index in [2.05, 4.69) is 20.8 Å². The fraction of sp³-hybridized carbons (Fsp3) is 1.00. The molecule has 0 spiro atoms. The van der Waals surface area contributed by atoms with Crippen LogP contribution in [-0.4, -0.2) is 30.5 Å². The first-order valence-electron chi connectivity index (χ1n) is 8.60. The Morgan fingerprint density at radius 2 is 1.75 bits per heavy atom. The van der Waals surface area contributed by atoms with Gasteiger partial charge in [0.1, 0.15) is 0 Å². The van der Waals surface area contributed by atoms with Gasteiger partial charge in [-0.05, 0) is 58.3 Å². The molecule has 1 aliphatic carbocycles. The molecule has 1 saturated heterocycles. The molecular weight excluding hydrogens is 250 g/mol. The van der Waals surface area contributed by atoms with E-state index < -0.39 is 0 Å². The van der Waals surface area contributed by atoms with Crippen molar-refractivity contribution in [1.82, 2.24) is 0 Å². The van der Waals surface area contributed by atoms with Crippen LogP contribution in [0.25, 0.3) is 0 Å². The Morgan fingerprint density at radius 3 is 2.25 bits per heavy atom. The maximum atomic E-state index is 6.53. The molecule has 0 radical (unpaired) electrons. The zero-order valence-electron chi connectivity index (χ0n) is 13.6. The van der Waals surface area contributed by atoms with Crippen molar-refractivity contribution in [2.75, 3.05) is 6.54 Å². The summed E-state index contributed by atoms with van der Waals surface area (Å²) in [6.45, 7) is 7.26. The van der Waals surface area contributed by atoms with Crippen LogP contribution in [-0.2, 0) is 9.47 Å². The molecule has 2 atom stereocenters. The third-order valence-electron chi connectivity index (χ3n) is 5.16. The van der Waals surface area contributed by atoms with Gasteiger partial charge < -0.3 is 15.2 Å². The second kappa shape index (κ2) is 7.24. The molecule has 2 rings (SSSR count). The molecule has 3 nitrogen and oxygen atoms in total. The average molecular weight is 283 g/mol. The second-order valence-corrected chi connectivity index (χ2v) is 7.09. The fourth-order valence-corrected chi connectivity index (χ4v) is 4.06. The van der Waals surface area contributed by atoms with Gasteiger partial charge in [-0.3, -0.25) is 0 Å².